The minimum absolute atomic E-state index is 0.252. The zero-order chi connectivity index (χ0) is 21.9. The third-order valence-corrected chi connectivity index (χ3v) is 7.48. The highest BCUT2D eigenvalue weighted by atomic mass is 32.2. The molecule has 3 nitrogen and oxygen atoms in total. The first-order chi connectivity index (χ1) is 15.1. The second kappa shape index (κ2) is 12.7. The van der Waals surface area contributed by atoms with Crippen LogP contribution in [0.15, 0.2) is 77.9 Å². The summed E-state index contributed by atoms with van der Waals surface area (Å²) in [7, 11) is 0. The highest BCUT2D eigenvalue weighted by Crippen LogP contribution is 2.23. The van der Waals surface area contributed by atoms with E-state index in [1.165, 1.54) is 16.7 Å². The van der Waals surface area contributed by atoms with Gasteiger partial charge in [-0.2, -0.15) is 0 Å². The summed E-state index contributed by atoms with van der Waals surface area (Å²) < 4.78 is 0. The van der Waals surface area contributed by atoms with Gasteiger partial charge >= 0.3 is 0 Å². The number of carbonyl (C=O) groups excluding carboxylic acids is 1. The van der Waals surface area contributed by atoms with Gasteiger partial charge in [0.15, 0.2) is 0 Å². The third kappa shape index (κ3) is 7.82. The van der Waals surface area contributed by atoms with Crippen LogP contribution in [0.25, 0.3) is 11.1 Å². The van der Waals surface area contributed by atoms with Gasteiger partial charge in [0, 0.05) is 29.5 Å². The Morgan fingerprint density at radius 2 is 1.97 bits per heavy atom. The second-order valence-electron chi connectivity index (χ2n) is 7.78. The van der Waals surface area contributed by atoms with Crippen LogP contribution in [0.1, 0.15) is 31.7 Å². The van der Waals surface area contributed by atoms with Crippen molar-refractivity contribution in [3.8, 4) is 11.1 Å². The molecule has 2 aromatic rings. The van der Waals surface area contributed by atoms with Crippen molar-refractivity contribution in [3.05, 3.63) is 83.4 Å². The summed E-state index contributed by atoms with van der Waals surface area (Å²) in [5.74, 6) is 1.25. The molecule has 1 aliphatic heterocycles. The van der Waals surface area contributed by atoms with Crippen LogP contribution < -0.4 is 5.73 Å². The van der Waals surface area contributed by atoms with E-state index in [-0.39, 0.29) is 11.9 Å². The highest BCUT2D eigenvalue weighted by Gasteiger charge is 2.28. The number of allylic oxidation sites excluding steroid dienone is 2. The van der Waals surface area contributed by atoms with Crippen LogP contribution in [0.4, 0.5) is 0 Å². The first-order valence-electron chi connectivity index (χ1n) is 10.9. The van der Waals surface area contributed by atoms with Gasteiger partial charge in [0.05, 0.1) is 6.04 Å². The summed E-state index contributed by atoms with van der Waals surface area (Å²) in [4.78, 5) is 14.3. The number of aryl methyl sites for hydroxylation is 1. The van der Waals surface area contributed by atoms with Crippen LogP contribution in [-0.4, -0.2) is 34.2 Å². The molecular formula is C26H32N2OS2. The van der Waals surface area contributed by atoms with Gasteiger partial charge in [-0.25, -0.2) is 0 Å². The van der Waals surface area contributed by atoms with E-state index in [2.05, 4.69) is 60.7 Å². The average Bonchev–Trinajstić information content (AvgIpc) is 3.13. The van der Waals surface area contributed by atoms with E-state index < -0.39 is 0 Å². The van der Waals surface area contributed by atoms with E-state index in [1.54, 1.807) is 11.8 Å². The maximum atomic E-state index is 12.3. The molecule has 2 N–H and O–H groups in total. The van der Waals surface area contributed by atoms with Gasteiger partial charge in [0.25, 0.3) is 0 Å². The molecular weight excluding hydrogens is 420 g/mol. The number of nitrogens with zero attached hydrogens (tertiary/aromatic N) is 1. The fourth-order valence-electron chi connectivity index (χ4n) is 3.72. The van der Waals surface area contributed by atoms with Gasteiger partial charge in [-0.3, -0.25) is 4.79 Å². The smallest absolute Gasteiger partial charge is 0.223 e. The van der Waals surface area contributed by atoms with Gasteiger partial charge in [-0.1, -0.05) is 66.7 Å². The molecule has 3 rings (SSSR count). The number of nitrogens with two attached hydrogens (primary N) is 1. The van der Waals surface area contributed by atoms with E-state index in [0.29, 0.717) is 6.42 Å². The zero-order valence-electron chi connectivity index (χ0n) is 18.2. The van der Waals surface area contributed by atoms with Gasteiger partial charge in [-0.05, 0) is 48.3 Å². The summed E-state index contributed by atoms with van der Waals surface area (Å²) in [6.45, 7) is 2.72. The van der Waals surface area contributed by atoms with Crippen LogP contribution >= 0.6 is 23.5 Å². The molecule has 1 amide bonds. The number of hydrogen-bond acceptors (Lipinski definition) is 4. The Morgan fingerprint density at radius 1 is 1.16 bits per heavy atom. The molecule has 5 heteroatoms. The summed E-state index contributed by atoms with van der Waals surface area (Å²) in [5, 5.41) is 2.95. The Bertz CT molecular complexity index is 891. The Kier molecular flexibility index (Phi) is 9.63. The molecule has 1 unspecified atom stereocenters. The number of likely N-dealkylation sites (tertiary alicyclic amines) is 1. The largest absolute Gasteiger partial charge is 0.402 e. The summed E-state index contributed by atoms with van der Waals surface area (Å²) in [6.07, 6.45) is 8.11. The van der Waals surface area contributed by atoms with Gasteiger partial charge in [-0.15, -0.1) is 23.5 Å². The van der Waals surface area contributed by atoms with E-state index >= 15 is 0 Å². The van der Waals surface area contributed by atoms with Crippen LogP contribution in [0.5, 0.6) is 0 Å². The lowest BCUT2D eigenvalue weighted by Crippen LogP contribution is -2.33. The SMILES string of the molecule is C/C(N)=C/SCSCCN1C(=O)CCC1/C=C/CCc1cccc(-c2ccccc2)c1. The summed E-state index contributed by atoms with van der Waals surface area (Å²) in [6, 6.07) is 19.5. The Labute approximate surface area is 195 Å². The molecule has 0 saturated carbocycles. The molecule has 1 fully saturated rings. The maximum absolute atomic E-state index is 12.3. The van der Waals surface area contributed by atoms with Gasteiger partial charge in [0.2, 0.25) is 5.91 Å². The van der Waals surface area contributed by atoms with Crippen LogP contribution in [0, 0.1) is 0 Å². The molecule has 0 spiro atoms. The number of hydrogen-bond donors (Lipinski definition) is 1. The van der Waals surface area contributed by atoms with E-state index in [4.69, 9.17) is 5.73 Å². The number of rotatable bonds is 11. The van der Waals surface area contributed by atoms with E-state index in [1.807, 2.05) is 35.1 Å². The summed E-state index contributed by atoms with van der Waals surface area (Å²) >= 11 is 3.57. The summed E-state index contributed by atoms with van der Waals surface area (Å²) in [5.41, 5.74) is 10.4. The lowest BCUT2D eigenvalue weighted by Gasteiger charge is -2.22. The van der Waals surface area contributed by atoms with Gasteiger partial charge in [0.1, 0.15) is 0 Å². The zero-order valence-corrected chi connectivity index (χ0v) is 19.8. The van der Waals surface area contributed by atoms with E-state index in [0.717, 1.165) is 42.3 Å². The van der Waals surface area contributed by atoms with Crippen LogP contribution in [-0.2, 0) is 11.2 Å². The van der Waals surface area contributed by atoms with Crippen molar-refractivity contribution in [2.45, 2.75) is 38.6 Å². The average molecular weight is 453 g/mol. The first-order valence-corrected chi connectivity index (χ1v) is 13.1. The van der Waals surface area contributed by atoms with Crippen molar-refractivity contribution in [2.24, 2.45) is 5.73 Å². The molecule has 31 heavy (non-hydrogen) atoms. The van der Waals surface area contributed by atoms with Crippen molar-refractivity contribution in [1.29, 1.82) is 0 Å². The fraction of sp³-hybridized carbons (Fsp3) is 0.346. The first kappa shape index (κ1) is 23.6. The van der Waals surface area contributed by atoms with Crippen molar-refractivity contribution in [3.63, 3.8) is 0 Å². The quantitative estimate of drug-likeness (QED) is 0.255. The van der Waals surface area contributed by atoms with Crippen LogP contribution in [0.2, 0.25) is 0 Å². The lowest BCUT2D eigenvalue weighted by atomic mass is 10.0. The topological polar surface area (TPSA) is 46.3 Å². The standard InChI is InChI=1S/C26H32N2OS2/c1-21(27)19-31-20-30-17-16-28-25(14-15-26(28)29)13-6-5-8-22-9-7-12-24(18-22)23-10-3-2-4-11-23/h2-4,6-7,9-13,18-19,25H,5,8,14-17,20,27H2,1H3/b13-6+,21-19-. The molecule has 0 aromatic heterocycles. The van der Waals surface area contributed by atoms with E-state index in [9.17, 15) is 4.79 Å². The third-order valence-electron chi connectivity index (χ3n) is 5.26. The van der Waals surface area contributed by atoms with Crippen molar-refractivity contribution >= 4 is 29.4 Å². The molecule has 1 heterocycles. The van der Waals surface area contributed by atoms with Crippen molar-refractivity contribution in [2.75, 3.05) is 17.4 Å². The second-order valence-corrected chi connectivity index (χ2v) is 10.1. The highest BCUT2D eigenvalue weighted by molar-refractivity contribution is 8.17. The maximum Gasteiger partial charge on any atom is 0.223 e. The molecule has 164 valence electrons. The fourth-order valence-corrected chi connectivity index (χ4v) is 5.44. The number of carbonyl (C=O) groups is 1. The minimum atomic E-state index is 0.252. The molecule has 1 aliphatic rings. The lowest BCUT2D eigenvalue weighted by molar-refractivity contribution is -0.128. The predicted molar refractivity (Wildman–Crippen MR) is 137 cm³/mol. The molecule has 0 bridgehead atoms. The molecule has 1 atom stereocenters. The molecule has 2 aromatic carbocycles. The minimum Gasteiger partial charge on any atom is -0.402 e. The van der Waals surface area contributed by atoms with Crippen molar-refractivity contribution in [1.82, 2.24) is 4.90 Å². The van der Waals surface area contributed by atoms with Crippen molar-refractivity contribution < 1.29 is 4.79 Å². The number of amides is 1. The van der Waals surface area contributed by atoms with Crippen LogP contribution in [0.3, 0.4) is 0 Å². The monoisotopic (exact) mass is 452 g/mol. The predicted octanol–water partition coefficient (Wildman–Crippen LogP) is 6.08. The molecule has 0 aliphatic carbocycles. The number of thioether (sulfide) groups is 2. The Balaban J connectivity index is 1.44. The number of benzene rings is 2. The molecule has 1 saturated heterocycles. The Morgan fingerprint density at radius 3 is 2.77 bits per heavy atom. The normalized spacial score (nSPS) is 17.1. The molecule has 0 radical (unpaired) electrons. The Hall–Kier alpha value is -2.11. The van der Waals surface area contributed by atoms with Gasteiger partial charge < -0.3 is 10.6 Å².